The second kappa shape index (κ2) is 4.77. The van der Waals surface area contributed by atoms with Gasteiger partial charge in [0.2, 0.25) is 0 Å². The molecule has 0 saturated heterocycles. The Morgan fingerprint density at radius 1 is 1.19 bits per heavy atom. The van der Waals surface area contributed by atoms with Crippen molar-refractivity contribution in [2.45, 2.75) is 6.18 Å². The molecule has 1 aromatic rings. The highest BCUT2D eigenvalue weighted by Crippen LogP contribution is 2.36. The predicted octanol–water partition coefficient (Wildman–Crippen LogP) is 4.55. The van der Waals surface area contributed by atoms with Gasteiger partial charge in [-0.2, -0.15) is 18.4 Å². The summed E-state index contributed by atoms with van der Waals surface area (Å²) < 4.78 is 37.0. The standard InChI is InChI=1S/C10H4Cl2F3N/c11-8-4-6(10(13,14)15)5-9(12)7(8)2-1-3-16/h1-2,4-5H. The van der Waals surface area contributed by atoms with Crippen molar-refractivity contribution in [1.82, 2.24) is 0 Å². The number of hydrogen-bond acceptors (Lipinski definition) is 1. The first kappa shape index (κ1) is 12.9. The summed E-state index contributed by atoms with van der Waals surface area (Å²) >= 11 is 11.3. The largest absolute Gasteiger partial charge is 0.416 e. The van der Waals surface area contributed by atoms with E-state index in [1.807, 2.05) is 0 Å². The quantitative estimate of drug-likeness (QED) is 0.684. The van der Waals surface area contributed by atoms with Crippen LogP contribution in [0.4, 0.5) is 13.2 Å². The van der Waals surface area contributed by atoms with E-state index < -0.39 is 11.7 Å². The molecule has 0 aromatic heterocycles. The maximum absolute atomic E-state index is 12.3. The highest BCUT2D eigenvalue weighted by molar-refractivity contribution is 6.37. The van der Waals surface area contributed by atoms with Crippen molar-refractivity contribution in [2.24, 2.45) is 0 Å². The maximum atomic E-state index is 12.3. The topological polar surface area (TPSA) is 23.8 Å². The van der Waals surface area contributed by atoms with E-state index in [4.69, 9.17) is 28.5 Å². The Kier molecular flexibility index (Phi) is 3.84. The van der Waals surface area contributed by atoms with Crippen molar-refractivity contribution >= 4 is 29.3 Å². The molecule has 0 spiro atoms. The van der Waals surface area contributed by atoms with E-state index in [-0.39, 0.29) is 15.6 Å². The summed E-state index contributed by atoms with van der Waals surface area (Å²) in [4.78, 5) is 0. The summed E-state index contributed by atoms with van der Waals surface area (Å²) in [5.41, 5.74) is -0.727. The van der Waals surface area contributed by atoms with Crippen LogP contribution in [0.3, 0.4) is 0 Å². The molecule has 0 unspecified atom stereocenters. The molecule has 0 radical (unpaired) electrons. The van der Waals surface area contributed by atoms with Crippen LogP contribution in [0, 0.1) is 11.3 Å². The molecule has 0 N–H and O–H groups in total. The van der Waals surface area contributed by atoms with Crippen LogP contribution in [0.5, 0.6) is 0 Å². The van der Waals surface area contributed by atoms with Crippen molar-refractivity contribution < 1.29 is 13.2 Å². The number of nitriles is 1. The van der Waals surface area contributed by atoms with E-state index in [0.29, 0.717) is 0 Å². The number of alkyl halides is 3. The van der Waals surface area contributed by atoms with Gasteiger partial charge in [0.1, 0.15) is 0 Å². The summed E-state index contributed by atoms with van der Waals surface area (Å²) in [5, 5.41) is 8.00. The smallest absolute Gasteiger partial charge is 0.193 e. The fourth-order valence-corrected chi connectivity index (χ4v) is 1.64. The van der Waals surface area contributed by atoms with Crippen LogP contribution in [0.15, 0.2) is 18.2 Å². The maximum Gasteiger partial charge on any atom is 0.416 e. The molecule has 0 aliphatic rings. The summed E-state index contributed by atoms with van der Waals surface area (Å²) in [6.07, 6.45) is -2.16. The van der Waals surface area contributed by atoms with E-state index in [1.165, 1.54) is 6.08 Å². The molecule has 16 heavy (non-hydrogen) atoms. The third-order valence-corrected chi connectivity index (χ3v) is 2.36. The molecule has 0 atom stereocenters. The second-order valence-corrected chi connectivity index (χ2v) is 3.63. The molecule has 84 valence electrons. The fraction of sp³-hybridized carbons (Fsp3) is 0.100. The van der Waals surface area contributed by atoms with Gasteiger partial charge in [-0.15, -0.1) is 0 Å². The Balaban J connectivity index is 3.29. The minimum Gasteiger partial charge on any atom is -0.193 e. The van der Waals surface area contributed by atoms with Gasteiger partial charge in [-0.3, -0.25) is 0 Å². The van der Waals surface area contributed by atoms with Crippen molar-refractivity contribution in [3.63, 3.8) is 0 Å². The van der Waals surface area contributed by atoms with Gasteiger partial charge in [-0.05, 0) is 18.2 Å². The first-order valence-corrected chi connectivity index (χ1v) is 4.74. The lowest BCUT2D eigenvalue weighted by atomic mass is 10.1. The Morgan fingerprint density at radius 3 is 2.06 bits per heavy atom. The number of benzene rings is 1. The van der Waals surface area contributed by atoms with E-state index in [1.54, 1.807) is 6.07 Å². The molecule has 0 fully saturated rings. The lowest BCUT2D eigenvalue weighted by Gasteiger charge is -2.09. The zero-order chi connectivity index (χ0) is 12.3. The normalized spacial score (nSPS) is 11.8. The average Bonchev–Trinajstić information content (AvgIpc) is 2.15. The van der Waals surface area contributed by atoms with Crippen molar-refractivity contribution in [2.75, 3.05) is 0 Å². The SMILES string of the molecule is N#CC=Cc1c(Cl)cc(C(F)(F)F)cc1Cl. The van der Waals surface area contributed by atoms with Gasteiger partial charge in [0, 0.05) is 21.7 Å². The molecule has 1 aromatic carbocycles. The second-order valence-electron chi connectivity index (χ2n) is 2.81. The fourth-order valence-electron chi connectivity index (χ4n) is 1.03. The molecule has 0 amide bonds. The molecule has 0 heterocycles. The van der Waals surface area contributed by atoms with Gasteiger partial charge in [0.05, 0.1) is 11.6 Å². The number of rotatable bonds is 1. The molecule has 6 heteroatoms. The first-order valence-electron chi connectivity index (χ1n) is 3.98. The summed E-state index contributed by atoms with van der Waals surface area (Å²) in [6, 6.07) is 3.23. The van der Waals surface area contributed by atoms with Crippen LogP contribution in [0.2, 0.25) is 10.0 Å². The minimum absolute atomic E-state index is 0.147. The lowest BCUT2D eigenvalue weighted by molar-refractivity contribution is -0.137. The van der Waals surface area contributed by atoms with E-state index in [2.05, 4.69) is 0 Å². The monoisotopic (exact) mass is 265 g/mol. The van der Waals surface area contributed by atoms with Crippen LogP contribution in [0.25, 0.3) is 6.08 Å². The van der Waals surface area contributed by atoms with Gasteiger partial charge >= 0.3 is 6.18 Å². The Hall–Kier alpha value is -1.18. The number of hydrogen-bond donors (Lipinski definition) is 0. The minimum atomic E-state index is -4.50. The molecular weight excluding hydrogens is 262 g/mol. The summed E-state index contributed by atoms with van der Waals surface area (Å²) in [5.74, 6) is 0. The number of halogens is 5. The summed E-state index contributed by atoms with van der Waals surface area (Å²) in [6.45, 7) is 0. The van der Waals surface area contributed by atoms with Crippen LogP contribution in [0.1, 0.15) is 11.1 Å². The van der Waals surface area contributed by atoms with Gasteiger partial charge < -0.3 is 0 Å². The van der Waals surface area contributed by atoms with Crippen LogP contribution in [-0.4, -0.2) is 0 Å². The van der Waals surface area contributed by atoms with Gasteiger partial charge in [0.15, 0.2) is 0 Å². The Labute approximate surface area is 99.7 Å². The molecule has 0 aliphatic heterocycles. The molecule has 0 saturated carbocycles. The van der Waals surface area contributed by atoms with Gasteiger partial charge in [-0.25, -0.2) is 0 Å². The van der Waals surface area contributed by atoms with Crippen LogP contribution < -0.4 is 0 Å². The predicted molar refractivity (Wildman–Crippen MR) is 56.1 cm³/mol. The Bertz CT molecular complexity index is 449. The van der Waals surface area contributed by atoms with E-state index in [9.17, 15) is 13.2 Å². The highest BCUT2D eigenvalue weighted by atomic mass is 35.5. The summed E-state index contributed by atoms with van der Waals surface area (Å²) in [7, 11) is 0. The van der Waals surface area contributed by atoms with Crippen molar-refractivity contribution in [1.29, 1.82) is 5.26 Å². The number of allylic oxidation sites excluding steroid dienone is 1. The van der Waals surface area contributed by atoms with E-state index >= 15 is 0 Å². The van der Waals surface area contributed by atoms with Gasteiger partial charge in [-0.1, -0.05) is 23.2 Å². The zero-order valence-electron chi connectivity index (χ0n) is 7.65. The highest BCUT2D eigenvalue weighted by Gasteiger charge is 2.31. The molecule has 1 nitrogen and oxygen atoms in total. The molecule has 1 rings (SSSR count). The van der Waals surface area contributed by atoms with E-state index in [0.717, 1.165) is 18.2 Å². The van der Waals surface area contributed by atoms with Crippen molar-refractivity contribution in [3.05, 3.63) is 39.4 Å². The molecular formula is C10H4Cl2F3N. The lowest BCUT2D eigenvalue weighted by Crippen LogP contribution is -2.05. The molecule has 0 bridgehead atoms. The third kappa shape index (κ3) is 2.91. The third-order valence-electron chi connectivity index (χ3n) is 1.73. The van der Waals surface area contributed by atoms with Crippen LogP contribution >= 0.6 is 23.2 Å². The first-order chi connectivity index (χ1) is 7.36. The zero-order valence-corrected chi connectivity index (χ0v) is 9.16. The number of nitrogens with zero attached hydrogens (tertiary/aromatic N) is 1. The van der Waals surface area contributed by atoms with Gasteiger partial charge in [0.25, 0.3) is 0 Å². The van der Waals surface area contributed by atoms with Crippen LogP contribution in [-0.2, 0) is 6.18 Å². The average molecular weight is 266 g/mol. The molecule has 0 aliphatic carbocycles. The van der Waals surface area contributed by atoms with Crippen molar-refractivity contribution in [3.8, 4) is 6.07 Å². The Morgan fingerprint density at radius 2 is 1.69 bits per heavy atom.